The summed E-state index contributed by atoms with van der Waals surface area (Å²) in [6.07, 6.45) is 40.1. The maximum Gasteiger partial charge on any atom is 0.472 e. The number of esters is 1. The number of carbonyl (C=O) groups excluding carboxylic acids is 1. The lowest BCUT2D eigenvalue weighted by Crippen LogP contribution is -2.37. The van der Waals surface area contributed by atoms with Crippen LogP contribution >= 0.6 is 7.82 Å². The summed E-state index contributed by atoms with van der Waals surface area (Å²) >= 11 is 0. The largest absolute Gasteiger partial charge is 0.472 e. The molecule has 0 aliphatic carbocycles. The van der Waals surface area contributed by atoms with Crippen molar-refractivity contribution < 1.29 is 37.3 Å². The molecule has 1 N–H and O–H groups in total. The second kappa shape index (κ2) is 34.8. The van der Waals surface area contributed by atoms with Gasteiger partial charge in [0, 0.05) is 13.0 Å². The van der Waals surface area contributed by atoms with Gasteiger partial charge in [-0.15, -0.1) is 0 Å². The molecule has 2 unspecified atom stereocenters. The zero-order chi connectivity index (χ0) is 37.0. The van der Waals surface area contributed by atoms with Crippen molar-refractivity contribution in [3.63, 3.8) is 0 Å². The van der Waals surface area contributed by atoms with Crippen molar-refractivity contribution in [2.24, 2.45) is 0 Å². The number of carbonyl (C=O) groups is 1. The van der Waals surface area contributed by atoms with E-state index in [0.29, 0.717) is 24.1 Å². The lowest BCUT2D eigenvalue weighted by molar-refractivity contribution is -0.870. The molecular weight excluding hydrogens is 649 g/mol. The van der Waals surface area contributed by atoms with Gasteiger partial charge in [-0.2, -0.15) is 0 Å². The van der Waals surface area contributed by atoms with E-state index in [-0.39, 0.29) is 25.8 Å². The Morgan fingerprint density at radius 3 is 1.62 bits per heavy atom. The smallest absolute Gasteiger partial charge is 0.457 e. The molecule has 0 aromatic heterocycles. The van der Waals surface area contributed by atoms with Crippen LogP contribution in [0.25, 0.3) is 0 Å². The van der Waals surface area contributed by atoms with Crippen molar-refractivity contribution in [3.8, 4) is 0 Å². The van der Waals surface area contributed by atoms with Gasteiger partial charge < -0.3 is 18.9 Å². The van der Waals surface area contributed by atoms with E-state index in [0.717, 1.165) is 38.5 Å². The van der Waals surface area contributed by atoms with Gasteiger partial charge in [0.2, 0.25) is 0 Å². The number of allylic oxidation sites excluding steroid dienone is 6. The summed E-state index contributed by atoms with van der Waals surface area (Å²) in [6.45, 7) is 5.35. The van der Waals surface area contributed by atoms with Crippen LogP contribution < -0.4 is 0 Å². The Labute approximate surface area is 308 Å². The topological polar surface area (TPSA) is 91.3 Å². The second-order valence-electron chi connectivity index (χ2n) is 14.7. The standard InChI is InChI=1S/C41H78NO7P/c1-6-8-10-11-12-13-14-15-16-17-18-19-20-21-22-23-24-25-26-27-28-29-30-31-32-33-36-46-38-40(49-41(43)34-9-7-2)39-48-50(44,45)47-37-35-42(3,4)5/h14-15,17-18,20-21,40H,6-13,16,19,22-39H2,1-5H3/p+1/b15-14-,18-17-,21-20-. The fourth-order valence-corrected chi connectivity index (χ4v) is 5.98. The quantitative estimate of drug-likeness (QED) is 0.0224. The van der Waals surface area contributed by atoms with Crippen LogP contribution in [-0.4, -0.2) is 75.6 Å². The molecule has 0 radical (unpaired) electrons. The average molecular weight is 729 g/mol. The van der Waals surface area contributed by atoms with Crippen LogP contribution in [0.5, 0.6) is 0 Å². The van der Waals surface area contributed by atoms with Crippen LogP contribution in [0, 0.1) is 0 Å². The number of hydrogen-bond donors (Lipinski definition) is 1. The molecule has 0 spiro atoms. The molecule has 0 bridgehead atoms. The number of rotatable bonds is 37. The van der Waals surface area contributed by atoms with Gasteiger partial charge >= 0.3 is 13.8 Å². The minimum absolute atomic E-state index is 0.0869. The number of hydrogen-bond acceptors (Lipinski definition) is 6. The van der Waals surface area contributed by atoms with Crippen LogP contribution in [0.4, 0.5) is 0 Å². The van der Waals surface area contributed by atoms with Gasteiger partial charge in [0.15, 0.2) is 0 Å². The maximum atomic E-state index is 12.3. The van der Waals surface area contributed by atoms with Crippen LogP contribution in [0.2, 0.25) is 0 Å². The molecule has 0 aromatic rings. The molecule has 9 heteroatoms. The highest BCUT2D eigenvalue weighted by molar-refractivity contribution is 7.47. The highest BCUT2D eigenvalue weighted by atomic mass is 31.2. The summed E-state index contributed by atoms with van der Waals surface area (Å²) in [4.78, 5) is 22.2. The molecule has 0 fully saturated rings. The predicted octanol–water partition coefficient (Wildman–Crippen LogP) is 11.4. The third-order valence-electron chi connectivity index (χ3n) is 8.45. The molecule has 294 valence electrons. The Hall–Kier alpha value is -1.28. The van der Waals surface area contributed by atoms with Crippen LogP contribution in [0.3, 0.4) is 0 Å². The molecule has 8 nitrogen and oxygen atoms in total. The van der Waals surface area contributed by atoms with Crippen LogP contribution in [0.15, 0.2) is 36.5 Å². The number of likely N-dealkylation sites (N-methyl/N-ethyl adjacent to an activating group) is 1. The molecule has 0 rings (SSSR count). The molecule has 0 saturated heterocycles. The fourth-order valence-electron chi connectivity index (χ4n) is 5.24. The number of phosphoric ester groups is 1. The Morgan fingerprint density at radius 1 is 0.620 bits per heavy atom. The van der Waals surface area contributed by atoms with Crippen molar-refractivity contribution >= 4 is 13.8 Å². The Morgan fingerprint density at radius 2 is 1.10 bits per heavy atom. The third-order valence-corrected chi connectivity index (χ3v) is 9.44. The average Bonchev–Trinajstić information content (AvgIpc) is 3.06. The summed E-state index contributed by atoms with van der Waals surface area (Å²) in [6, 6.07) is 0. The third kappa shape index (κ3) is 38.0. The lowest BCUT2D eigenvalue weighted by Gasteiger charge is -2.24. The molecule has 0 saturated carbocycles. The zero-order valence-corrected chi connectivity index (χ0v) is 34.0. The number of unbranched alkanes of at least 4 members (excludes halogenated alkanes) is 17. The van der Waals surface area contributed by atoms with Crippen molar-refractivity contribution in [2.75, 3.05) is 54.1 Å². The Bertz CT molecular complexity index is 900. The molecule has 0 aliphatic heterocycles. The summed E-state index contributed by atoms with van der Waals surface area (Å²) in [5, 5.41) is 0. The van der Waals surface area contributed by atoms with E-state index < -0.39 is 13.9 Å². The number of quaternary nitrogens is 1. The summed E-state index contributed by atoms with van der Waals surface area (Å²) in [5.74, 6) is -0.351. The highest BCUT2D eigenvalue weighted by Crippen LogP contribution is 2.43. The van der Waals surface area contributed by atoms with Crippen LogP contribution in [-0.2, 0) is 27.9 Å². The van der Waals surface area contributed by atoms with Gasteiger partial charge in [-0.3, -0.25) is 13.8 Å². The van der Waals surface area contributed by atoms with Gasteiger partial charge in [-0.05, 0) is 51.4 Å². The first kappa shape index (κ1) is 48.7. The number of phosphoric acid groups is 1. The van der Waals surface area contributed by atoms with Crippen molar-refractivity contribution in [2.45, 2.75) is 168 Å². The van der Waals surface area contributed by atoms with Gasteiger partial charge in [0.25, 0.3) is 0 Å². The summed E-state index contributed by atoms with van der Waals surface area (Å²) < 4.78 is 34.3. The summed E-state index contributed by atoms with van der Waals surface area (Å²) in [7, 11) is 1.66. The van der Waals surface area contributed by atoms with E-state index in [1.807, 2.05) is 28.1 Å². The number of ether oxygens (including phenoxy) is 2. The maximum absolute atomic E-state index is 12.3. The van der Waals surface area contributed by atoms with Gasteiger partial charge in [-0.1, -0.05) is 140 Å². The van der Waals surface area contributed by atoms with Gasteiger partial charge in [0.1, 0.15) is 19.3 Å². The van der Waals surface area contributed by atoms with E-state index in [1.165, 1.54) is 103 Å². The van der Waals surface area contributed by atoms with E-state index in [9.17, 15) is 14.3 Å². The molecule has 50 heavy (non-hydrogen) atoms. The lowest BCUT2D eigenvalue weighted by atomic mass is 10.1. The fraction of sp³-hybridized carbons (Fsp3) is 0.829. The van der Waals surface area contributed by atoms with Crippen molar-refractivity contribution in [3.05, 3.63) is 36.5 Å². The van der Waals surface area contributed by atoms with Crippen molar-refractivity contribution in [1.29, 1.82) is 0 Å². The van der Waals surface area contributed by atoms with Gasteiger partial charge in [0.05, 0.1) is 34.4 Å². The minimum Gasteiger partial charge on any atom is -0.457 e. The monoisotopic (exact) mass is 729 g/mol. The van der Waals surface area contributed by atoms with E-state index in [2.05, 4.69) is 43.4 Å². The van der Waals surface area contributed by atoms with Crippen molar-refractivity contribution in [1.82, 2.24) is 0 Å². The normalized spacial score (nSPS) is 14.3. The van der Waals surface area contributed by atoms with E-state index in [4.69, 9.17) is 18.5 Å². The van der Waals surface area contributed by atoms with E-state index in [1.54, 1.807) is 0 Å². The molecule has 0 amide bonds. The Kier molecular flexibility index (Phi) is 33.9. The van der Waals surface area contributed by atoms with E-state index >= 15 is 0 Å². The second-order valence-corrected chi connectivity index (χ2v) is 16.1. The molecular formula is C41H79NO7P+. The first-order valence-electron chi connectivity index (χ1n) is 20.2. The minimum atomic E-state index is -4.25. The Balaban J connectivity index is 3.79. The molecule has 2 atom stereocenters. The highest BCUT2D eigenvalue weighted by Gasteiger charge is 2.26. The molecule has 0 heterocycles. The first-order valence-corrected chi connectivity index (χ1v) is 21.7. The first-order chi connectivity index (χ1) is 24.1. The van der Waals surface area contributed by atoms with Crippen LogP contribution in [0.1, 0.15) is 162 Å². The zero-order valence-electron chi connectivity index (χ0n) is 33.1. The summed E-state index contributed by atoms with van der Waals surface area (Å²) in [5.41, 5.74) is 0. The van der Waals surface area contributed by atoms with Gasteiger partial charge in [-0.25, -0.2) is 4.57 Å². The number of nitrogens with zero attached hydrogens (tertiary/aromatic N) is 1. The molecule has 0 aliphatic rings. The molecule has 0 aromatic carbocycles. The predicted molar refractivity (Wildman–Crippen MR) is 210 cm³/mol. The SMILES string of the molecule is CCCCCCC/C=C\C/C=C\C/C=C\CCCCCCCCCCCCCOCC(COP(=O)(O)OCC[N+](C)(C)C)OC(=O)CCCC.